The number of rotatable bonds is 1. The van der Waals surface area contributed by atoms with Gasteiger partial charge in [-0.2, -0.15) is 0 Å². The zero-order valence-electron chi connectivity index (χ0n) is 34.3. The van der Waals surface area contributed by atoms with Gasteiger partial charge in [0, 0.05) is 38.3 Å². The van der Waals surface area contributed by atoms with Crippen LogP contribution in [0.15, 0.2) is 109 Å². The standard InChI is InChI=1S/C52H54N2/c1-31-42-23-24-45-47(31)48-37(19-16-20-44(48)53(45)36-17-14-13-15-18-36)32-25-34(50(5,6)7)27-35(26-32)52(11,12)41-30-46-39(29-40(41)51(8,9)10)38-28-33(49(2,3)4)21-22-43(38)54(42)46/h13-30H,1-12H3. The third kappa shape index (κ3) is 4.98. The molecular weight excluding hydrogens is 653 g/mol. The van der Waals surface area contributed by atoms with Crippen molar-refractivity contribution in [2.75, 3.05) is 0 Å². The van der Waals surface area contributed by atoms with Crippen LogP contribution in [0.4, 0.5) is 0 Å². The Morgan fingerprint density at radius 1 is 0.500 bits per heavy atom. The van der Waals surface area contributed by atoms with Crippen LogP contribution in [-0.4, -0.2) is 9.13 Å². The fraction of sp³-hybridized carbons (Fsp3) is 0.308. The van der Waals surface area contributed by atoms with Gasteiger partial charge in [0.25, 0.3) is 0 Å². The second kappa shape index (κ2) is 11.2. The van der Waals surface area contributed by atoms with Crippen LogP contribution in [-0.2, 0) is 21.7 Å². The summed E-state index contributed by atoms with van der Waals surface area (Å²) in [7, 11) is 0. The Kier molecular flexibility index (Phi) is 7.21. The van der Waals surface area contributed by atoms with E-state index in [4.69, 9.17) is 0 Å². The van der Waals surface area contributed by atoms with Crippen LogP contribution in [0.25, 0.3) is 66.1 Å². The summed E-state index contributed by atoms with van der Waals surface area (Å²) in [4.78, 5) is 0. The largest absolute Gasteiger partial charge is 0.309 e. The van der Waals surface area contributed by atoms with Crippen molar-refractivity contribution in [2.24, 2.45) is 0 Å². The molecule has 2 nitrogen and oxygen atoms in total. The topological polar surface area (TPSA) is 9.86 Å². The van der Waals surface area contributed by atoms with Gasteiger partial charge in [-0.25, -0.2) is 0 Å². The lowest BCUT2D eigenvalue weighted by Crippen LogP contribution is -2.26. The number of aromatic nitrogens is 2. The summed E-state index contributed by atoms with van der Waals surface area (Å²) in [6, 6.07) is 42.4. The van der Waals surface area contributed by atoms with Crippen molar-refractivity contribution in [3.8, 4) is 22.5 Å². The average molecular weight is 707 g/mol. The molecule has 272 valence electrons. The van der Waals surface area contributed by atoms with Crippen LogP contribution in [0.3, 0.4) is 0 Å². The van der Waals surface area contributed by atoms with E-state index in [1.807, 2.05) is 0 Å². The first-order valence-corrected chi connectivity index (χ1v) is 19.8. The molecule has 0 N–H and O–H groups in total. The third-order valence-electron chi connectivity index (χ3n) is 12.5. The molecule has 0 saturated carbocycles. The van der Waals surface area contributed by atoms with Gasteiger partial charge in [-0.15, -0.1) is 0 Å². The van der Waals surface area contributed by atoms with Crippen LogP contribution in [0, 0.1) is 6.92 Å². The number of benzene rings is 6. The predicted molar refractivity (Wildman–Crippen MR) is 234 cm³/mol. The van der Waals surface area contributed by atoms with E-state index in [9.17, 15) is 0 Å². The highest BCUT2D eigenvalue weighted by molar-refractivity contribution is 6.18. The normalized spacial score (nSPS) is 14.4. The molecule has 0 spiro atoms. The molecule has 6 bridgehead atoms. The molecule has 0 atom stereocenters. The Labute approximate surface area is 321 Å². The minimum absolute atomic E-state index is 0.0299. The van der Waals surface area contributed by atoms with Crippen molar-refractivity contribution in [2.45, 2.75) is 105 Å². The number of hydrogen-bond donors (Lipinski definition) is 0. The first-order chi connectivity index (χ1) is 25.4. The maximum absolute atomic E-state index is 2.58. The van der Waals surface area contributed by atoms with Gasteiger partial charge in [0.2, 0.25) is 0 Å². The van der Waals surface area contributed by atoms with Gasteiger partial charge < -0.3 is 9.13 Å². The molecule has 6 aromatic carbocycles. The Balaban J connectivity index is 1.56. The maximum Gasteiger partial charge on any atom is 0.0547 e. The number of nitrogens with zero attached hydrogens (tertiary/aromatic N) is 2. The Bertz CT molecular complexity index is 2830. The highest BCUT2D eigenvalue weighted by atomic mass is 15.0. The van der Waals surface area contributed by atoms with Gasteiger partial charge in [0.1, 0.15) is 0 Å². The minimum Gasteiger partial charge on any atom is -0.309 e. The van der Waals surface area contributed by atoms with E-state index in [2.05, 4.69) is 201 Å². The molecule has 1 aliphatic heterocycles. The van der Waals surface area contributed by atoms with E-state index in [1.165, 1.54) is 99.5 Å². The maximum atomic E-state index is 2.58. The average Bonchev–Trinajstić information content (AvgIpc) is 3.62. The van der Waals surface area contributed by atoms with E-state index in [0.29, 0.717) is 0 Å². The fourth-order valence-corrected chi connectivity index (χ4v) is 9.31. The van der Waals surface area contributed by atoms with Crippen LogP contribution in [0.1, 0.15) is 110 Å². The van der Waals surface area contributed by atoms with Crippen LogP contribution in [0.2, 0.25) is 0 Å². The summed E-state index contributed by atoms with van der Waals surface area (Å²) in [6.45, 7) is 28.5. The molecule has 2 heteroatoms. The number of aryl methyl sites for hydroxylation is 1. The summed E-state index contributed by atoms with van der Waals surface area (Å²) in [5.74, 6) is 0. The van der Waals surface area contributed by atoms with Gasteiger partial charge in [-0.3, -0.25) is 0 Å². The summed E-state index contributed by atoms with van der Waals surface area (Å²) in [5, 5.41) is 5.28. The quantitative estimate of drug-likeness (QED) is 0.161. The van der Waals surface area contributed by atoms with Gasteiger partial charge in [-0.1, -0.05) is 131 Å². The van der Waals surface area contributed by atoms with E-state index in [1.54, 1.807) is 0 Å². The van der Waals surface area contributed by atoms with Crippen LogP contribution >= 0.6 is 0 Å². The van der Waals surface area contributed by atoms with Gasteiger partial charge in [-0.05, 0) is 122 Å². The smallest absolute Gasteiger partial charge is 0.0547 e. The van der Waals surface area contributed by atoms with Crippen molar-refractivity contribution in [3.05, 3.63) is 143 Å². The van der Waals surface area contributed by atoms with Crippen molar-refractivity contribution in [3.63, 3.8) is 0 Å². The molecule has 54 heavy (non-hydrogen) atoms. The second-order valence-corrected chi connectivity index (χ2v) is 19.6. The molecule has 1 aliphatic rings. The lowest BCUT2D eigenvalue weighted by atomic mass is 9.69. The van der Waals surface area contributed by atoms with Crippen molar-refractivity contribution < 1.29 is 0 Å². The summed E-state index contributed by atoms with van der Waals surface area (Å²) < 4.78 is 5.06. The molecule has 0 amide bonds. The second-order valence-electron chi connectivity index (χ2n) is 19.6. The zero-order chi connectivity index (χ0) is 38.3. The fourth-order valence-electron chi connectivity index (χ4n) is 9.31. The summed E-state index contributed by atoms with van der Waals surface area (Å²) in [5.41, 5.74) is 17.8. The van der Waals surface area contributed by atoms with Crippen molar-refractivity contribution >= 4 is 43.6 Å². The number of para-hydroxylation sites is 1. The molecule has 3 heterocycles. The Morgan fingerprint density at radius 2 is 1.17 bits per heavy atom. The van der Waals surface area contributed by atoms with E-state index in [-0.39, 0.29) is 21.7 Å². The number of hydrogen-bond acceptors (Lipinski definition) is 0. The first kappa shape index (κ1) is 34.7. The molecule has 0 aliphatic carbocycles. The molecular formula is C52H54N2. The van der Waals surface area contributed by atoms with Crippen molar-refractivity contribution in [1.82, 2.24) is 9.13 Å². The minimum atomic E-state index is -0.286. The Morgan fingerprint density at radius 3 is 1.85 bits per heavy atom. The molecule has 0 radical (unpaired) electrons. The predicted octanol–water partition coefficient (Wildman–Crippen LogP) is 14.4. The lowest BCUT2D eigenvalue weighted by molar-refractivity contribution is 0.547. The van der Waals surface area contributed by atoms with E-state index >= 15 is 0 Å². The molecule has 0 fully saturated rings. The molecule has 0 unspecified atom stereocenters. The van der Waals surface area contributed by atoms with Gasteiger partial charge in [0.15, 0.2) is 0 Å². The zero-order valence-corrected chi connectivity index (χ0v) is 34.3. The van der Waals surface area contributed by atoms with E-state index < -0.39 is 0 Å². The first-order valence-electron chi connectivity index (χ1n) is 19.8. The molecule has 9 rings (SSSR count). The molecule has 0 saturated heterocycles. The highest BCUT2D eigenvalue weighted by Gasteiger charge is 2.34. The summed E-state index contributed by atoms with van der Waals surface area (Å²) in [6.07, 6.45) is 0. The Hall–Kier alpha value is -5.08. The summed E-state index contributed by atoms with van der Waals surface area (Å²) >= 11 is 0. The highest BCUT2D eigenvalue weighted by Crippen LogP contribution is 2.48. The number of fused-ring (bicyclic) bond motifs is 9. The van der Waals surface area contributed by atoms with Gasteiger partial charge in [0.05, 0.1) is 22.1 Å². The lowest BCUT2D eigenvalue weighted by Gasteiger charge is -2.35. The van der Waals surface area contributed by atoms with Crippen molar-refractivity contribution in [1.29, 1.82) is 0 Å². The SMILES string of the molecule is Cc1c2ccc3c1c1c(cccc1n3-c1ccccc1)-c1cc(C(C)(C)C)cc(c1)C(C)(C)c1cc3c(cc1C(C)(C)C)c1cc(C(C)(C)C)ccc1n3-2. The third-order valence-corrected chi connectivity index (χ3v) is 12.5. The van der Waals surface area contributed by atoms with Gasteiger partial charge >= 0.3 is 0 Å². The van der Waals surface area contributed by atoms with Crippen LogP contribution < -0.4 is 0 Å². The monoisotopic (exact) mass is 706 g/mol. The molecule has 8 aromatic rings. The van der Waals surface area contributed by atoms with E-state index in [0.717, 1.165) is 0 Å². The van der Waals surface area contributed by atoms with Crippen LogP contribution in [0.5, 0.6) is 0 Å². The molecule has 2 aromatic heterocycles.